The van der Waals surface area contributed by atoms with Crippen molar-refractivity contribution in [1.29, 1.82) is 0 Å². The highest BCUT2D eigenvalue weighted by Gasteiger charge is 2.35. The number of aromatic nitrogens is 3. The third-order valence-corrected chi connectivity index (χ3v) is 4.42. The van der Waals surface area contributed by atoms with Crippen molar-refractivity contribution < 1.29 is 19.0 Å². The van der Waals surface area contributed by atoms with Crippen molar-refractivity contribution in [3.63, 3.8) is 0 Å². The number of nitrogens with zero attached hydrogens (tertiary/aromatic N) is 3. The number of benzene rings is 1. The molecule has 8 nitrogen and oxygen atoms in total. The number of halogens is 1. The molecule has 0 fully saturated rings. The van der Waals surface area contributed by atoms with Crippen molar-refractivity contribution in [2.75, 3.05) is 25.6 Å². The van der Waals surface area contributed by atoms with Gasteiger partial charge in [-0.2, -0.15) is 10.1 Å². The number of nitrogens with one attached hydrogen (secondary N) is 1. The number of anilines is 1. The van der Waals surface area contributed by atoms with Gasteiger partial charge < -0.3 is 19.5 Å². The largest absolute Gasteiger partial charge is 0.490 e. The van der Waals surface area contributed by atoms with Gasteiger partial charge in [-0.3, -0.25) is 0 Å². The number of fused-ring (bicyclic) bond motifs is 1. The van der Waals surface area contributed by atoms with E-state index in [1.54, 1.807) is 23.7 Å². The van der Waals surface area contributed by atoms with Crippen molar-refractivity contribution in [2.24, 2.45) is 0 Å². The standard InChI is InChI=1S/C18H21ClN4O4/c1-5-26-13-8-11(7-12(19)16(13)27-6-2)15-14(17(24)25-4)10(3)22-18-20-9-21-23(15)18/h7-9,15H,5-6H2,1-4H3,(H,20,21,22)/t15-/m1/s1. The molecule has 0 spiro atoms. The molecule has 2 aromatic rings. The summed E-state index contributed by atoms with van der Waals surface area (Å²) in [6, 6.07) is 2.98. The van der Waals surface area contributed by atoms with Crippen LogP contribution >= 0.6 is 11.6 Å². The lowest BCUT2D eigenvalue weighted by molar-refractivity contribution is -0.136. The molecule has 0 aliphatic carbocycles. The van der Waals surface area contributed by atoms with Gasteiger partial charge in [0, 0.05) is 5.70 Å². The molecule has 0 bridgehead atoms. The first-order valence-electron chi connectivity index (χ1n) is 8.56. The first-order valence-corrected chi connectivity index (χ1v) is 8.94. The molecule has 2 heterocycles. The fourth-order valence-corrected chi connectivity index (χ4v) is 3.34. The number of esters is 1. The molecule has 0 radical (unpaired) electrons. The van der Waals surface area contributed by atoms with Crippen LogP contribution in [0.3, 0.4) is 0 Å². The summed E-state index contributed by atoms with van der Waals surface area (Å²) in [5.74, 6) is 1.03. The Kier molecular flexibility index (Phi) is 5.55. The van der Waals surface area contributed by atoms with E-state index in [9.17, 15) is 4.79 Å². The number of hydrogen-bond acceptors (Lipinski definition) is 7. The molecule has 1 aliphatic rings. The van der Waals surface area contributed by atoms with Crippen molar-refractivity contribution in [1.82, 2.24) is 14.8 Å². The van der Waals surface area contributed by atoms with E-state index in [4.69, 9.17) is 25.8 Å². The number of methoxy groups -OCH3 is 1. The fourth-order valence-electron chi connectivity index (χ4n) is 3.07. The minimum absolute atomic E-state index is 0.389. The van der Waals surface area contributed by atoms with Crippen LogP contribution in [-0.4, -0.2) is 41.1 Å². The lowest BCUT2D eigenvalue weighted by Gasteiger charge is -2.28. The van der Waals surface area contributed by atoms with E-state index < -0.39 is 12.0 Å². The Bertz CT molecular complexity index is 893. The van der Waals surface area contributed by atoms with Gasteiger partial charge in [-0.05, 0) is 38.5 Å². The lowest BCUT2D eigenvalue weighted by Crippen LogP contribution is -2.29. The highest BCUT2D eigenvalue weighted by Crippen LogP contribution is 2.42. The second-order valence-corrected chi connectivity index (χ2v) is 6.19. The van der Waals surface area contributed by atoms with Gasteiger partial charge in [0.2, 0.25) is 5.95 Å². The van der Waals surface area contributed by atoms with E-state index in [0.717, 1.165) is 0 Å². The van der Waals surface area contributed by atoms with Crippen LogP contribution in [0.4, 0.5) is 5.95 Å². The van der Waals surface area contributed by atoms with Crippen LogP contribution in [0.5, 0.6) is 11.5 Å². The molecule has 0 amide bonds. The smallest absolute Gasteiger partial charge is 0.338 e. The zero-order chi connectivity index (χ0) is 19.6. The van der Waals surface area contributed by atoms with Crippen LogP contribution in [0.25, 0.3) is 0 Å². The summed E-state index contributed by atoms with van der Waals surface area (Å²) in [5, 5.41) is 7.72. The number of carbonyl (C=O) groups excluding carboxylic acids is 1. The summed E-state index contributed by atoms with van der Waals surface area (Å²) < 4.78 is 17.9. The summed E-state index contributed by atoms with van der Waals surface area (Å²) in [7, 11) is 1.34. The van der Waals surface area contributed by atoms with Crippen LogP contribution in [-0.2, 0) is 9.53 Å². The Morgan fingerprint density at radius 2 is 2.04 bits per heavy atom. The number of carbonyl (C=O) groups is 1. The van der Waals surface area contributed by atoms with Gasteiger partial charge in [0.15, 0.2) is 11.5 Å². The highest BCUT2D eigenvalue weighted by atomic mass is 35.5. The monoisotopic (exact) mass is 392 g/mol. The van der Waals surface area contributed by atoms with Gasteiger partial charge in [0.05, 0.1) is 30.9 Å². The van der Waals surface area contributed by atoms with E-state index >= 15 is 0 Å². The lowest BCUT2D eigenvalue weighted by atomic mass is 9.95. The summed E-state index contributed by atoms with van der Waals surface area (Å²) in [4.78, 5) is 16.7. The maximum absolute atomic E-state index is 12.5. The van der Waals surface area contributed by atoms with Crippen LogP contribution in [0, 0.1) is 0 Å². The van der Waals surface area contributed by atoms with Crippen molar-refractivity contribution in [3.05, 3.63) is 40.3 Å². The molecular weight excluding hydrogens is 372 g/mol. The highest BCUT2D eigenvalue weighted by molar-refractivity contribution is 6.32. The summed E-state index contributed by atoms with van der Waals surface area (Å²) in [6.45, 7) is 6.43. The Labute approximate surface area is 162 Å². The first kappa shape index (κ1) is 19.0. The average Bonchev–Trinajstić information content (AvgIpc) is 3.10. The molecule has 27 heavy (non-hydrogen) atoms. The van der Waals surface area contributed by atoms with E-state index in [-0.39, 0.29) is 0 Å². The predicted octanol–water partition coefficient (Wildman–Crippen LogP) is 3.19. The van der Waals surface area contributed by atoms with E-state index in [1.165, 1.54) is 13.4 Å². The van der Waals surface area contributed by atoms with Crippen LogP contribution in [0.15, 0.2) is 29.7 Å². The number of ether oxygens (including phenoxy) is 3. The predicted molar refractivity (Wildman–Crippen MR) is 100 cm³/mol. The topological polar surface area (TPSA) is 87.5 Å². The quantitative estimate of drug-likeness (QED) is 0.755. The molecule has 1 aromatic carbocycles. The molecule has 1 aliphatic heterocycles. The van der Waals surface area contributed by atoms with Gasteiger partial charge in [0.25, 0.3) is 0 Å². The third kappa shape index (κ3) is 3.44. The minimum atomic E-state index is -0.566. The molecule has 0 saturated carbocycles. The Hall–Kier alpha value is -2.74. The second kappa shape index (κ2) is 7.87. The van der Waals surface area contributed by atoms with Gasteiger partial charge in [-0.15, -0.1) is 0 Å². The maximum Gasteiger partial charge on any atom is 0.338 e. The molecule has 144 valence electrons. The summed E-state index contributed by atoms with van der Waals surface area (Å²) in [5.41, 5.74) is 1.76. The fraction of sp³-hybridized carbons (Fsp3) is 0.389. The second-order valence-electron chi connectivity index (χ2n) is 5.78. The van der Waals surface area contributed by atoms with Gasteiger partial charge in [-0.25, -0.2) is 9.48 Å². The zero-order valence-electron chi connectivity index (χ0n) is 15.6. The Morgan fingerprint density at radius 1 is 1.30 bits per heavy atom. The molecule has 1 aromatic heterocycles. The number of allylic oxidation sites excluding steroid dienone is 1. The van der Waals surface area contributed by atoms with Crippen molar-refractivity contribution in [3.8, 4) is 11.5 Å². The molecule has 0 unspecified atom stereocenters. The van der Waals surface area contributed by atoms with Crippen LogP contribution in [0.1, 0.15) is 32.4 Å². The normalized spacial score (nSPS) is 15.8. The molecule has 0 saturated heterocycles. The Balaban J connectivity index is 2.19. The molecule has 3 rings (SSSR count). The summed E-state index contributed by atoms with van der Waals surface area (Å²) in [6.07, 6.45) is 1.42. The maximum atomic E-state index is 12.5. The molecule has 1 N–H and O–H groups in total. The van der Waals surface area contributed by atoms with E-state index in [1.807, 2.05) is 13.8 Å². The van der Waals surface area contributed by atoms with Crippen molar-refractivity contribution in [2.45, 2.75) is 26.8 Å². The number of rotatable bonds is 6. The molecule has 9 heteroatoms. The average molecular weight is 393 g/mol. The minimum Gasteiger partial charge on any atom is -0.490 e. The summed E-state index contributed by atoms with van der Waals surface area (Å²) >= 11 is 6.47. The molecule has 1 atom stereocenters. The number of hydrogen-bond donors (Lipinski definition) is 1. The van der Waals surface area contributed by atoms with Crippen LogP contribution in [0.2, 0.25) is 5.02 Å². The van der Waals surface area contributed by atoms with Gasteiger partial charge >= 0.3 is 5.97 Å². The van der Waals surface area contributed by atoms with Gasteiger partial charge in [0.1, 0.15) is 12.4 Å². The van der Waals surface area contributed by atoms with E-state index in [2.05, 4.69) is 15.4 Å². The third-order valence-electron chi connectivity index (χ3n) is 4.14. The van der Waals surface area contributed by atoms with Crippen molar-refractivity contribution >= 4 is 23.5 Å². The van der Waals surface area contributed by atoms with Crippen LogP contribution < -0.4 is 14.8 Å². The van der Waals surface area contributed by atoms with Gasteiger partial charge in [-0.1, -0.05) is 11.6 Å². The zero-order valence-corrected chi connectivity index (χ0v) is 16.3. The SMILES string of the molecule is CCOc1cc([C@@H]2C(C(=O)OC)=C(C)Nc3ncnn32)cc(Cl)c1OCC. The first-order chi connectivity index (χ1) is 13.0. The Morgan fingerprint density at radius 3 is 2.70 bits per heavy atom. The van der Waals surface area contributed by atoms with E-state index in [0.29, 0.717) is 52.5 Å². The molecular formula is C18H21ClN4O4.